The minimum Gasteiger partial charge on any atom is -0.393 e. The highest BCUT2D eigenvalue weighted by Crippen LogP contribution is 2.66. The average molecular weight is 335 g/mol. The van der Waals surface area contributed by atoms with E-state index in [0.29, 0.717) is 10.8 Å². The maximum Gasteiger partial charge on any atom is 0.0941 e. The summed E-state index contributed by atoms with van der Waals surface area (Å²) in [6.07, 6.45) is 12.1. The first-order chi connectivity index (χ1) is 11.2. The molecule has 0 bridgehead atoms. The van der Waals surface area contributed by atoms with E-state index in [4.69, 9.17) is 0 Å². The van der Waals surface area contributed by atoms with Crippen LogP contribution in [0.5, 0.6) is 0 Å². The van der Waals surface area contributed by atoms with Crippen molar-refractivity contribution in [3.8, 4) is 0 Å². The summed E-state index contributed by atoms with van der Waals surface area (Å²) in [5.74, 6) is 3.66. The number of nitrogens with zero attached hydrogens (tertiary/aromatic N) is 1. The largest absolute Gasteiger partial charge is 0.393 e. The van der Waals surface area contributed by atoms with Crippen molar-refractivity contribution >= 4 is 0 Å². The lowest BCUT2D eigenvalue weighted by molar-refractivity contribution is -0.903. The van der Waals surface area contributed by atoms with Gasteiger partial charge in [0.25, 0.3) is 0 Å². The van der Waals surface area contributed by atoms with E-state index in [1.807, 2.05) is 0 Å². The molecule has 4 aliphatic rings. The van der Waals surface area contributed by atoms with E-state index in [9.17, 15) is 5.11 Å². The first kappa shape index (κ1) is 17.3. The third kappa shape index (κ3) is 2.35. The monoisotopic (exact) mass is 334 g/mol. The van der Waals surface area contributed by atoms with Crippen LogP contribution < -0.4 is 0 Å². The third-order valence-electron chi connectivity index (χ3n) is 9.52. The lowest BCUT2D eigenvalue weighted by Gasteiger charge is -2.61. The van der Waals surface area contributed by atoms with Crippen LogP contribution in [-0.4, -0.2) is 42.9 Å². The van der Waals surface area contributed by atoms with Crippen molar-refractivity contribution in [3.63, 3.8) is 0 Å². The molecule has 138 valence electrons. The summed E-state index contributed by atoms with van der Waals surface area (Å²) in [6, 6.07) is 0.849. The van der Waals surface area contributed by atoms with Gasteiger partial charge in [0.1, 0.15) is 0 Å². The molecule has 2 nitrogen and oxygen atoms in total. The lowest BCUT2D eigenvalue weighted by Crippen LogP contribution is -2.58. The van der Waals surface area contributed by atoms with Crippen LogP contribution in [0.1, 0.15) is 71.6 Å². The van der Waals surface area contributed by atoms with Gasteiger partial charge in [0.2, 0.25) is 0 Å². The molecule has 4 aliphatic carbocycles. The molecule has 0 saturated heterocycles. The number of hydrogen-bond acceptors (Lipinski definition) is 1. The zero-order valence-corrected chi connectivity index (χ0v) is 16.7. The van der Waals surface area contributed by atoms with Gasteiger partial charge in [0, 0.05) is 11.8 Å². The molecule has 4 rings (SSSR count). The molecule has 2 heteroatoms. The van der Waals surface area contributed by atoms with Crippen molar-refractivity contribution < 1.29 is 9.59 Å². The second kappa shape index (κ2) is 5.46. The quantitative estimate of drug-likeness (QED) is 0.702. The summed E-state index contributed by atoms with van der Waals surface area (Å²) in [7, 11) is 7.27. The SMILES string of the molecule is C[C@]12CC[C@H](O)C[C@@H]1CC[C@@H]1[C@@H]2CC[C@@]2(C)[C@H]1CC[C@@H]2[N+](C)(C)C. The summed E-state index contributed by atoms with van der Waals surface area (Å²) in [6.45, 7) is 5.25. The normalized spacial score (nSPS) is 54.8. The highest BCUT2D eigenvalue weighted by Gasteiger charge is 2.62. The average Bonchev–Trinajstić information content (AvgIpc) is 2.85. The van der Waals surface area contributed by atoms with Crippen LogP contribution in [0, 0.1) is 34.5 Å². The highest BCUT2D eigenvalue weighted by molar-refractivity contribution is 5.09. The zero-order valence-electron chi connectivity index (χ0n) is 16.7. The second-order valence-corrected chi connectivity index (χ2v) is 11.3. The van der Waals surface area contributed by atoms with Gasteiger partial charge in [-0.1, -0.05) is 13.8 Å². The van der Waals surface area contributed by atoms with Crippen LogP contribution in [0.4, 0.5) is 0 Å². The van der Waals surface area contributed by atoms with Crippen molar-refractivity contribution in [2.75, 3.05) is 21.1 Å². The van der Waals surface area contributed by atoms with Crippen molar-refractivity contribution in [2.24, 2.45) is 34.5 Å². The van der Waals surface area contributed by atoms with E-state index in [1.54, 1.807) is 0 Å². The first-order valence-corrected chi connectivity index (χ1v) is 10.7. The molecule has 4 fully saturated rings. The molecule has 0 aromatic rings. The maximum absolute atomic E-state index is 10.2. The molecule has 0 aromatic carbocycles. The van der Waals surface area contributed by atoms with Gasteiger partial charge in [-0.2, -0.15) is 0 Å². The number of aliphatic hydroxyl groups is 1. The summed E-state index contributed by atoms with van der Waals surface area (Å²) in [4.78, 5) is 0. The number of aliphatic hydroxyl groups excluding tert-OH is 1. The Morgan fingerprint density at radius 1 is 0.792 bits per heavy atom. The Kier molecular flexibility index (Phi) is 3.94. The van der Waals surface area contributed by atoms with Gasteiger partial charge < -0.3 is 9.59 Å². The number of rotatable bonds is 1. The topological polar surface area (TPSA) is 20.2 Å². The van der Waals surface area contributed by atoms with Crippen LogP contribution in [-0.2, 0) is 0 Å². The van der Waals surface area contributed by atoms with Crippen molar-refractivity contribution in [3.05, 3.63) is 0 Å². The van der Waals surface area contributed by atoms with Crippen molar-refractivity contribution in [1.29, 1.82) is 0 Å². The zero-order chi connectivity index (χ0) is 17.3. The summed E-state index contributed by atoms with van der Waals surface area (Å²) in [5, 5.41) is 10.2. The standard InChI is InChI=1S/C22H40NO/c1-21-12-10-16(24)14-15(21)6-7-17-18-8-9-20(23(3,4)5)22(18,2)13-11-19(17)21/h15-20,24H,6-14H2,1-5H3/q+1/t15-,16-,17-,18-,19-,20-,21-,22-/m0/s1. The Hall–Kier alpha value is -0.0800. The predicted molar refractivity (Wildman–Crippen MR) is 99.6 cm³/mol. The Labute approximate surface area is 149 Å². The van der Waals surface area contributed by atoms with Gasteiger partial charge in [-0.25, -0.2) is 0 Å². The van der Waals surface area contributed by atoms with Gasteiger partial charge in [0.15, 0.2) is 0 Å². The number of hydrogen-bond donors (Lipinski definition) is 1. The third-order valence-corrected chi connectivity index (χ3v) is 9.52. The summed E-state index contributed by atoms with van der Waals surface area (Å²) >= 11 is 0. The van der Waals surface area contributed by atoms with Gasteiger partial charge in [-0.15, -0.1) is 0 Å². The predicted octanol–water partition coefficient (Wildman–Crippen LogP) is 4.46. The van der Waals surface area contributed by atoms with Crippen LogP contribution in [0.3, 0.4) is 0 Å². The van der Waals surface area contributed by atoms with E-state index >= 15 is 0 Å². The van der Waals surface area contributed by atoms with Crippen LogP contribution in [0.25, 0.3) is 0 Å². The molecular formula is C22H40NO+. The molecule has 0 aromatic heterocycles. The fourth-order valence-electron chi connectivity index (χ4n) is 8.48. The molecule has 0 heterocycles. The number of fused-ring (bicyclic) bond motifs is 5. The Morgan fingerprint density at radius 3 is 2.17 bits per heavy atom. The molecule has 4 saturated carbocycles. The minimum absolute atomic E-state index is 0.0115. The van der Waals surface area contributed by atoms with Gasteiger partial charge in [-0.05, 0) is 80.5 Å². The van der Waals surface area contributed by atoms with Gasteiger partial charge in [-0.3, -0.25) is 0 Å². The molecule has 0 spiro atoms. The van der Waals surface area contributed by atoms with Crippen LogP contribution in [0.2, 0.25) is 0 Å². The van der Waals surface area contributed by atoms with Gasteiger partial charge in [0.05, 0.1) is 33.3 Å². The maximum atomic E-state index is 10.2. The molecular weight excluding hydrogens is 294 g/mol. The Balaban J connectivity index is 1.61. The van der Waals surface area contributed by atoms with Gasteiger partial charge >= 0.3 is 0 Å². The molecule has 8 atom stereocenters. The van der Waals surface area contributed by atoms with E-state index in [-0.39, 0.29) is 6.10 Å². The number of quaternary nitrogens is 1. The Morgan fingerprint density at radius 2 is 1.46 bits per heavy atom. The molecule has 0 amide bonds. The lowest BCUT2D eigenvalue weighted by atomic mass is 9.45. The van der Waals surface area contributed by atoms with Crippen molar-refractivity contribution in [2.45, 2.75) is 83.8 Å². The van der Waals surface area contributed by atoms with E-state index in [1.165, 1.54) is 44.9 Å². The van der Waals surface area contributed by atoms with E-state index in [2.05, 4.69) is 35.0 Å². The Bertz CT molecular complexity index is 497. The smallest absolute Gasteiger partial charge is 0.0941 e. The first-order valence-electron chi connectivity index (χ1n) is 10.7. The van der Waals surface area contributed by atoms with Crippen LogP contribution in [0.15, 0.2) is 0 Å². The van der Waals surface area contributed by atoms with E-state index in [0.717, 1.165) is 47.0 Å². The minimum atomic E-state index is -0.0115. The summed E-state index contributed by atoms with van der Waals surface area (Å²) < 4.78 is 1.15. The molecule has 24 heavy (non-hydrogen) atoms. The molecule has 0 aliphatic heterocycles. The van der Waals surface area contributed by atoms with Crippen molar-refractivity contribution in [1.82, 2.24) is 0 Å². The fraction of sp³-hybridized carbons (Fsp3) is 1.00. The second-order valence-electron chi connectivity index (χ2n) is 11.3. The molecule has 0 radical (unpaired) electrons. The summed E-state index contributed by atoms with van der Waals surface area (Å²) in [5.41, 5.74) is 1.09. The van der Waals surface area contributed by atoms with Crippen LogP contribution >= 0.6 is 0 Å². The van der Waals surface area contributed by atoms with E-state index < -0.39 is 0 Å². The molecule has 1 N–H and O–H groups in total. The fourth-order valence-corrected chi connectivity index (χ4v) is 8.48. The highest BCUT2D eigenvalue weighted by atomic mass is 16.3. The molecule has 0 unspecified atom stereocenters.